The zero-order valence-corrected chi connectivity index (χ0v) is 16.9. The highest BCUT2D eigenvalue weighted by molar-refractivity contribution is 5.89. The molecule has 1 aromatic heterocycles. The Morgan fingerprint density at radius 3 is 2.77 bits per heavy atom. The molecule has 0 saturated heterocycles. The standard InChI is InChI=1S/C23H19N3O5/c1-3-30-21-12-17(26(28)29)10-15(22(21)27)13-24-16-8-9-20-19(11-16)25-23(31-20)18-7-5-4-6-14(18)2/h4-13,27H,3H2,1-2H3. The van der Waals surface area contributed by atoms with Crippen LogP contribution in [0.1, 0.15) is 18.1 Å². The Labute approximate surface area is 177 Å². The van der Waals surface area contributed by atoms with Crippen LogP contribution in [0.25, 0.3) is 22.6 Å². The molecule has 0 saturated carbocycles. The molecule has 0 fully saturated rings. The number of phenols is 1. The molecule has 1 heterocycles. The van der Waals surface area contributed by atoms with Gasteiger partial charge in [0.15, 0.2) is 17.1 Å². The molecule has 1 N–H and O–H groups in total. The van der Waals surface area contributed by atoms with Crippen molar-refractivity contribution in [1.82, 2.24) is 4.98 Å². The lowest BCUT2D eigenvalue weighted by atomic mass is 10.1. The van der Waals surface area contributed by atoms with Crippen LogP contribution in [0.3, 0.4) is 0 Å². The van der Waals surface area contributed by atoms with Gasteiger partial charge in [-0.25, -0.2) is 4.98 Å². The second-order valence-corrected chi connectivity index (χ2v) is 6.82. The number of non-ortho nitro benzene ring substituents is 1. The molecule has 156 valence electrons. The third-order valence-electron chi connectivity index (χ3n) is 4.70. The topological polar surface area (TPSA) is 111 Å². The first-order valence-corrected chi connectivity index (χ1v) is 9.61. The number of ether oxygens (including phenoxy) is 1. The molecule has 8 heteroatoms. The SMILES string of the molecule is CCOc1cc([N+](=O)[O-])cc(C=Nc2ccc3oc(-c4ccccc4C)nc3c2)c1O. The number of benzene rings is 3. The third-order valence-corrected chi connectivity index (χ3v) is 4.70. The van der Waals surface area contributed by atoms with Crippen LogP contribution >= 0.6 is 0 Å². The molecule has 8 nitrogen and oxygen atoms in total. The minimum absolute atomic E-state index is 0.0352. The van der Waals surface area contributed by atoms with Gasteiger partial charge in [-0.15, -0.1) is 0 Å². The van der Waals surface area contributed by atoms with Crippen LogP contribution in [0.15, 0.2) is 64.0 Å². The zero-order chi connectivity index (χ0) is 22.0. The smallest absolute Gasteiger partial charge is 0.274 e. The second kappa shape index (κ2) is 8.27. The van der Waals surface area contributed by atoms with Crippen molar-refractivity contribution < 1.29 is 19.2 Å². The van der Waals surface area contributed by atoms with Gasteiger partial charge in [-0.2, -0.15) is 0 Å². The number of aliphatic imine (C=N–C) groups is 1. The number of aromatic hydroxyl groups is 1. The van der Waals surface area contributed by atoms with E-state index in [0.717, 1.165) is 11.1 Å². The highest BCUT2D eigenvalue weighted by Gasteiger charge is 2.16. The quantitative estimate of drug-likeness (QED) is 0.249. The van der Waals surface area contributed by atoms with Crippen molar-refractivity contribution in [2.24, 2.45) is 4.99 Å². The van der Waals surface area contributed by atoms with Gasteiger partial charge in [0.25, 0.3) is 5.69 Å². The molecule has 0 aliphatic heterocycles. The molecule has 31 heavy (non-hydrogen) atoms. The molecule has 0 radical (unpaired) electrons. The van der Waals surface area contributed by atoms with Gasteiger partial charge in [-0.1, -0.05) is 18.2 Å². The average molecular weight is 417 g/mol. The molecule has 0 aliphatic carbocycles. The van der Waals surface area contributed by atoms with Crippen molar-refractivity contribution in [3.8, 4) is 23.0 Å². The molecular weight excluding hydrogens is 398 g/mol. The Balaban J connectivity index is 1.69. The van der Waals surface area contributed by atoms with Crippen LogP contribution in [-0.2, 0) is 0 Å². The van der Waals surface area contributed by atoms with Crippen LogP contribution < -0.4 is 4.74 Å². The first-order chi connectivity index (χ1) is 15.0. The first kappa shape index (κ1) is 20.1. The summed E-state index contributed by atoms with van der Waals surface area (Å²) in [5.74, 6) is 0.348. The lowest BCUT2D eigenvalue weighted by molar-refractivity contribution is -0.385. The van der Waals surface area contributed by atoms with Crippen LogP contribution in [0, 0.1) is 17.0 Å². The van der Waals surface area contributed by atoms with Crippen molar-refractivity contribution >= 4 is 28.7 Å². The summed E-state index contributed by atoms with van der Waals surface area (Å²) >= 11 is 0. The number of phenolic OH excluding ortho intramolecular Hbond substituents is 1. The predicted octanol–water partition coefficient (Wildman–Crippen LogP) is 5.57. The monoisotopic (exact) mass is 417 g/mol. The number of nitrogens with zero attached hydrogens (tertiary/aromatic N) is 3. The number of nitro groups is 1. The van der Waals surface area contributed by atoms with E-state index in [1.165, 1.54) is 18.3 Å². The molecule has 3 aromatic carbocycles. The van der Waals surface area contributed by atoms with E-state index >= 15 is 0 Å². The largest absolute Gasteiger partial charge is 0.504 e. The summed E-state index contributed by atoms with van der Waals surface area (Å²) in [4.78, 5) is 19.5. The lowest BCUT2D eigenvalue weighted by Crippen LogP contribution is -1.97. The lowest BCUT2D eigenvalue weighted by Gasteiger charge is -2.07. The van der Waals surface area contributed by atoms with E-state index in [4.69, 9.17) is 9.15 Å². The second-order valence-electron chi connectivity index (χ2n) is 6.82. The number of aromatic nitrogens is 1. The molecule has 4 aromatic rings. The summed E-state index contributed by atoms with van der Waals surface area (Å²) in [5.41, 5.74) is 3.75. The van der Waals surface area contributed by atoms with Gasteiger partial charge in [0.2, 0.25) is 5.89 Å². The molecule has 0 aliphatic rings. The number of oxazole rings is 1. The van der Waals surface area contributed by atoms with Crippen molar-refractivity contribution in [1.29, 1.82) is 0 Å². The summed E-state index contributed by atoms with van der Waals surface area (Å²) in [6, 6.07) is 15.5. The van der Waals surface area contributed by atoms with Crippen LogP contribution in [0.2, 0.25) is 0 Å². The van der Waals surface area contributed by atoms with E-state index in [-0.39, 0.29) is 29.4 Å². The van der Waals surface area contributed by atoms with Gasteiger partial charge >= 0.3 is 0 Å². The van der Waals surface area contributed by atoms with Gasteiger partial charge < -0.3 is 14.3 Å². The Kier molecular flexibility index (Phi) is 5.36. The number of hydrogen-bond acceptors (Lipinski definition) is 7. The Morgan fingerprint density at radius 2 is 2.03 bits per heavy atom. The maximum absolute atomic E-state index is 11.2. The van der Waals surface area contributed by atoms with Crippen LogP contribution in [-0.4, -0.2) is 27.8 Å². The minimum Gasteiger partial charge on any atom is -0.504 e. The number of hydrogen-bond donors (Lipinski definition) is 1. The zero-order valence-electron chi connectivity index (χ0n) is 16.9. The third kappa shape index (κ3) is 4.09. The number of aryl methyl sites for hydroxylation is 1. The number of nitro benzene ring substituents is 1. The summed E-state index contributed by atoms with van der Waals surface area (Å²) in [7, 11) is 0. The van der Waals surface area contributed by atoms with Crippen molar-refractivity contribution in [2.75, 3.05) is 6.61 Å². The molecular formula is C23H19N3O5. The summed E-state index contributed by atoms with van der Waals surface area (Å²) in [6.07, 6.45) is 1.36. The summed E-state index contributed by atoms with van der Waals surface area (Å²) in [6.45, 7) is 3.98. The fourth-order valence-electron chi connectivity index (χ4n) is 3.15. The van der Waals surface area contributed by atoms with E-state index in [1.54, 1.807) is 25.1 Å². The highest BCUT2D eigenvalue weighted by atomic mass is 16.6. The van der Waals surface area contributed by atoms with Gasteiger partial charge in [0.1, 0.15) is 5.52 Å². The van der Waals surface area contributed by atoms with Gasteiger partial charge in [0, 0.05) is 23.4 Å². The van der Waals surface area contributed by atoms with Crippen LogP contribution in [0.5, 0.6) is 11.5 Å². The van der Waals surface area contributed by atoms with Crippen molar-refractivity contribution in [3.63, 3.8) is 0 Å². The molecule has 0 unspecified atom stereocenters. The molecule has 0 amide bonds. The first-order valence-electron chi connectivity index (χ1n) is 9.61. The van der Waals surface area contributed by atoms with Gasteiger partial charge in [-0.05, 0) is 43.7 Å². The molecule has 0 spiro atoms. The average Bonchev–Trinajstić information content (AvgIpc) is 3.17. The number of fused-ring (bicyclic) bond motifs is 1. The van der Waals surface area contributed by atoms with Gasteiger partial charge in [-0.3, -0.25) is 15.1 Å². The van der Waals surface area contributed by atoms with E-state index in [9.17, 15) is 15.2 Å². The van der Waals surface area contributed by atoms with E-state index in [0.29, 0.717) is 22.7 Å². The molecule has 0 atom stereocenters. The Hall–Kier alpha value is -4.20. The van der Waals surface area contributed by atoms with E-state index in [2.05, 4.69) is 9.98 Å². The van der Waals surface area contributed by atoms with Crippen molar-refractivity contribution in [2.45, 2.75) is 13.8 Å². The van der Waals surface area contributed by atoms with Crippen molar-refractivity contribution in [3.05, 3.63) is 75.8 Å². The fraction of sp³-hybridized carbons (Fsp3) is 0.130. The van der Waals surface area contributed by atoms with Gasteiger partial charge in [0.05, 0.1) is 23.3 Å². The minimum atomic E-state index is -0.548. The van der Waals surface area contributed by atoms with E-state index in [1.807, 2.05) is 31.2 Å². The Morgan fingerprint density at radius 1 is 1.23 bits per heavy atom. The maximum Gasteiger partial charge on any atom is 0.274 e. The predicted molar refractivity (Wildman–Crippen MR) is 117 cm³/mol. The molecule has 4 rings (SSSR count). The maximum atomic E-state index is 11.2. The summed E-state index contributed by atoms with van der Waals surface area (Å²) in [5, 5.41) is 21.6. The van der Waals surface area contributed by atoms with E-state index < -0.39 is 4.92 Å². The summed E-state index contributed by atoms with van der Waals surface area (Å²) < 4.78 is 11.2. The van der Waals surface area contributed by atoms with Crippen LogP contribution in [0.4, 0.5) is 11.4 Å². The highest BCUT2D eigenvalue weighted by Crippen LogP contribution is 2.34. The fourth-order valence-corrected chi connectivity index (χ4v) is 3.15. The molecule has 0 bridgehead atoms. The number of rotatable bonds is 6. The normalized spacial score (nSPS) is 11.3. The Bertz CT molecular complexity index is 1310.